The van der Waals surface area contributed by atoms with E-state index in [2.05, 4.69) is 22.5 Å². The van der Waals surface area contributed by atoms with Gasteiger partial charge in [0, 0.05) is 17.9 Å². The summed E-state index contributed by atoms with van der Waals surface area (Å²) in [5.41, 5.74) is 0. The molecule has 1 aromatic rings. The van der Waals surface area contributed by atoms with E-state index >= 15 is 0 Å². The van der Waals surface area contributed by atoms with Crippen molar-refractivity contribution in [3.63, 3.8) is 0 Å². The number of rotatable bonds is 4. The highest BCUT2D eigenvalue weighted by atomic mass is 32.1. The third kappa shape index (κ3) is 3.25. The molecule has 1 aromatic heterocycles. The summed E-state index contributed by atoms with van der Waals surface area (Å²) < 4.78 is 0. The third-order valence-corrected chi connectivity index (χ3v) is 6.02. The van der Waals surface area contributed by atoms with Crippen LogP contribution in [0.5, 0.6) is 0 Å². The van der Waals surface area contributed by atoms with Crippen molar-refractivity contribution in [2.45, 2.75) is 57.4 Å². The lowest BCUT2D eigenvalue weighted by atomic mass is 9.80. The van der Waals surface area contributed by atoms with Crippen LogP contribution in [0, 0.1) is 23.3 Å². The molecule has 5 nitrogen and oxygen atoms in total. The van der Waals surface area contributed by atoms with Crippen molar-refractivity contribution < 1.29 is 4.79 Å². The first-order valence-electron chi connectivity index (χ1n) is 8.08. The van der Waals surface area contributed by atoms with Gasteiger partial charge in [0.1, 0.15) is 5.00 Å². The van der Waals surface area contributed by atoms with Crippen molar-refractivity contribution in [1.29, 1.82) is 5.26 Å². The Kier molecular flexibility index (Phi) is 4.63. The standard InChI is InChI=1S/C16H22N4OS/c1-10-4-2-3-5-13(10)16-18-8-14(22-16)20-15(21)11-6-12(7-11)19-9-17/h8,10-13,19H,2-7H2,1H3,(H,20,21)/t10-,11?,12?,13-/m1/s1. The van der Waals surface area contributed by atoms with Gasteiger partial charge in [-0.1, -0.05) is 26.2 Å². The van der Waals surface area contributed by atoms with Crippen molar-refractivity contribution in [1.82, 2.24) is 10.3 Å². The molecule has 2 saturated carbocycles. The molecule has 0 unspecified atom stereocenters. The first-order valence-corrected chi connectivity index (χ1v) is 8.90. The van der Waals surface area contributed by atoms with Crippen LogP contribution in [-0.4, -0.2) is 16.9 Å². The first-order chi connectivity index (χ1) is 10.7. The summed E-state index contributed by atoms with van der Waals surface area (Å²) in [6.45, 7) is 2.31. The minimum atomic E-state index is 0.0185. The Hall–Kier alpha value is -1.61. The number of thiazole rings is 1. The number of amides is 1. The van der Waals surface area contributed by atoms with Crippen LogP contribution < -0.4 is 10.6 Å². The van der Waals surface area contributed by atoms with E-state index in [0.29, 0.717) is 11.8 Å². The van der Waals surface area contributed by atoms with Crippen molar-refractivity contribution in [3.05, 3.63) is 11.2 Å². The van der Waals surface area contributed by atoms with Gasteiger partial charge in [0.2, 0.25) is 5.91 Å². The fourth-order valence-corrected chi connectivity index (χ4v) is 4.55. The van der Waals surface area contributed by atoms with Gasteiger partial charge in [0.25, 0.3) is 0 Å². The summed E-state index contributed by atoms with van der Waals surface area (Å²) in [5.74, 6) is 1.32. The van der Waals surface area contributed by atoms with Crippen LogP contribution in [0.15, 0.2) is 6.20 Å². The third-order valence-electron chi connectivity index (χ3n) is 4.98. The first kappa shape index (κ1) is 15.3. The summed E-state index contributed by atoms with van der Waals surface area (Å²) in [7, 11) is 0. The van der Waals surface area contributed by atoms with Gasteiger partial charge in [0.15, 0.2) is 6.19 Å². The molecule has 3 rings (SSSR count). The number of hydrogen-bond donors (Lipinski definition) is 2. The van der Waals surface area contributed by atoms with Crippen LogP contribution >= 0.6 is 11.3 Å². The van der Waals surface area contributed by atoms with Crippen LogP contribution in [0.2, 0.25) is 0 Å². The summed E-state index contributed by atoms with van der Waals surface area (Å²) >= 11 is 1.62. The minimum Gasteiger partial charge on any atom is -0.321 e. The maximum absolute atomic E-state index is 12.2. The second kappa shape index (κ2) is 6.66. The Morgan fingerprint density at radius 1 is 1.41 bits per heavy atom. The fraction of sp³-hybridized carbons (Fsp3) is 0.688. The second-order valence-corrected chi connectivity index (χ2v) is 7.60. The molecule has 22 heavy (non-hydrogen) atoms. The van der Waals surface area contributed by atoms with Gasteiger partial charge in [-0.05, 0) is 25.2 Å². The number of carbonyl (C=O) groups excluding carboxylic acids is 1. The number of hydrogen-bond acceptors (Lipinski definition) is 5. The Labute approximate surface area is 135 Å². The van der Waals surface area contributed by atoms with E-state index < -0.39 is 0 Å². The lowest BCUT2D eigenvalue weighted by molar-refractivity contribution is -0.122. The Morgan fingerprint density at radius 2 is 2.18 bits per heavy atom. The molecule has 0 aromatic carbocycles. The van der Waals surface area contributed by atoms with Gasteiger partial charge in [0.05, 0.1) is 11.2 Å². The highest BCUT2D eigenvalue weighted by Crippen LogP contribution is 2.40. The zero-order valence-corrected chi connectivity index (χ0v) is 13.7. The molecule has 0 aliphatic heterocycles. The average molecular weight is 318 g/mol. The number of nitriles is 1. The summed E-state index contributed by atoms with van der Waals surface area (Å²) in [5, 5.41) is 16.2. The molecule has 2 atom stereocenters. The van der Waals surface area contributed by atoms with Crippen molar-refractivity contribution in [3.8, 4) is 6.19 Å². The van der Waals surface area contributed by atoms with Gasteiger partial charge >= 0.3 is 0 Å². The molecule has 0 radical (unpaired) electrons. The van der Waals surface area contributed by atoms with Gasteiger partial charge in [-0.25, -0.2) is 4.98 Å². The minimum absolute atomic E-state index is 0.0185. The highest BCUT2D eigenvalue weighted by Gasteiger charge is 2.34. The molecule has 0 spiro atoms. The number of anilines is 1. The SMILES string of the molecule is C[C@@H]1CCCC[C@H]1c1ncc(NC(=O)C2CC(NC#N)C2)s1. The Bertz CT molecular complexity index is 573. The summed E-state index contributed by atoms with van der Waals surface area (Å²) in [4.78, 5) is 16.7. The van der Waals surface area contributed by atoms with Crippen LogP contribution in [-0.2, 0) is 4.79 Å². The van der Waals surface area contributed by atoms with Crippen LogP contribution in [0.1, 0.15) is 56.4 Å². The summed E-state index contributed by atoms with van der Waals surface area (Å²) in [6.07, 6.45) is 10.3. The van der Waals surface area contributed by atoms with E-state index in [9.17, 15) is 4.79 Å². The Balaban J connectivity index is 1.54. The predicted octanol–water partition coefficient (Wildman–Crippen LogP) is 3.22. The Morgan fingerprint density at radius 3 is 2.91 bits per heavy atom. The fourth-order valence-electron chi connectivity index (χ4n) is 3.46. The van der Waals surface area contributed by atoms with Crippen LogP contribution in [0.25, 0.3) is 0 Å². The van der Waals surface area contributed by atoms with E-state index in [1.807, 2.05) is 6.19 Å². The van der Waals surface area contributed by atoms with E-state index in [4.69, 9.17) is 5.26 Å². The summed E-state index contributed by atoms with van der Waals surface area (Å²) in [6, 6.07) is 0.167. The molecule has 0 bridgehead atoms. The monoisotopic (exact) mass is 318 g/mol. The molecule has 6 heteroatoms. The number of aromatic nitrogens is 1. The lowest BCUT2D eigenvalue weighted by Crippen LogP contribution is -2.44. The normalized spacial score (nSPS) is 30.9. The zero-order valence-electron chi connectivity index (χ0n) is 12.8. The molecule has 2 aliphatic rings. The van der Waals surface area contributed by atoms with E-state index in [0.717, 1.165) is 17.8 Å². The maximum atomic E-state index is 12.2. The van der Waals surface area contributed by atoms with Gasteiger partial charge in [-0.3, -0.25) is 4.79 Å². The molecule has 0 saturated heterocycles. The van der Waals surface area contributed by atoms with Gasteiger partial charge < -0.3 is 10.6 Å². The smallest absolute Gasteiger partial charge is 0.228 e. The van der Waals surface area contributed by atoms with Crippen molar-refractivity contribution in [2.75, 3.05) is 5.32 Å². The van der Waals surface area contributed by atoms with Gasteiger partial charge in [-0.2, -0.15) is 5.26 Å². The molecular formula is C16H22N4OS. The van der Waals surface area contributed by atoms with Crippen molar-refractivity contribution in [2.24, 2.45) is 11.8 Å². The highest BCUT2D eigenvalue weighted by molar-refractivity contribution is 7.15. The lowest BCUT2D eigenvalue weighted by Gasteiger charge is -2.32. The average Bonchev–Trinajstić information content (AvgIpc) is 2.91. The number of nitrogens with zero attached hydrogens (tertiary/aromatic N) is 2. The molecular weight excluding hydrogens is 296 g/mol. The molecule has 1 heterocycles. The molecule has 2 fully saturated rings. The molecule has 2 aliphatic carbocycles. The molecule has 1 amide bonds. The van der Waals surface area contributed by atoms with Crippen LogP contribution in [0.4, 0.5) is 5.00 Å². The number of carbonyl (C=O) groups is 1. The van der Waals surface area contributed by atoms with E-state index in [-0.39, 0.29) is 17.9 Å². The van der Waals surface area contributed by atoms with Crippen molar-refractivity contribution >= 4 is 22.2 Å². The molecule has 2 N–H and O–H groups in total. The quantitative estimate of drug-likeness (QED) is 0.660. The van der Waals surface area contributed by atoms with Crippen LogP contribution in [0.3, 0.4) is 0 Å². The van der Waals surface area contributed by atoms with E-state index in [1.54, 1.807) is 17.5 Å². The number of nitrogens with one attached hydrogen (secondary N) is 2. The topological polar surface area (TPSA) is 77.8 Å². The molecule has 118 valence electrons. The maximum Gasteiger partial charge on any atom is 0.228 e. The zero-order chi connectivity index (χ0) is 15.5. The predicted molar refractivity (Wildman–Crippen MR) is 86.4 cm³/mol. The largest absolute Gasteiger partial charge is 0.321 e. The second-order valence-electron chi connectivity index (χ2n) is 6.54. The van der Waals surface area contributed by atoms with Gasteiger partial charge in [-0.15, -0.1) is 11.3 Å². The van der Waals surface area contributed by atoms with E-state index in [1.165, 1.54) is 30.7 Å².